The fourth-order valence-electron chi connectivity index (χ4n) is 1.25. The summed E-state index contributed by atoms with van der Waals surface area (Å²) in [6, 6.07) is 4.09. The van der Waals surface area contributed by atoms with Gasteiger partial charge in [-0.3, -0.25) is 4.98 Å². The standard InChI is InChI=1S/C11H13N3S/c1-3-12-11-14-7-10(15-11)9-5-4-8(2)13-6-9/h4-7H,3H2,1-2H3,(H,12,14). The van der Waals surface area contributed by atoms with E-state index in [-0.39, 0.29) is 0 Å². The highest BCUT2D eigenvalue weighted by Gasteiger charge is 2.03. The third-order valence-electron chi connectivity index (χ3n) is 2.03. The van der Waals surface area contributed by atoms with E-state index in [1.165, 1.54) is 0 Å². The van der Waals surface area contributed by atoms with Crippen molar-refractivity contribution in [1.29, 1.82) is 0 Å². The van der Waals surface area contributed by atoms with Gasteiger partial charge in [-0.1, -0.05) is 17.4 Å². The number of hydrogen-bond acceptors (Lipinski definition) is 4. The molecule has 0 fully saturated rings. The van der Waals surface area contributed by atoms with E-state index in [1.807, 2.05) is 25.4 Å². The first kappa shape index (κ1) is 10.1. The van der Waals surface area contributed by atoms with E-state index in [2.05, 4.69) is 28.3 Å². The van der Waals surface area contributed by atoms with Crippen molar-refractivity contribution in [2.75, 3.05) is 11.9 Å². The third-order valence-corrected chi connectivity index (χ3v) is 3.03. The summed E-state index contributed by atoms with van der Waals surface area (Å²) in [6.07, 6.45) is 3.77. The molecular weight excluding hydrogens is 206 g/mol. The zero-order valence-corrected chi connectivity index (χ0v) is 9.64. The van der Waals surface area contributed by atoms with Crippen molar-refractivity contribution < 1.29 is 0 Å². The minimum Gasteiger partial charge on any atom is -0.362 e. The van der Waals surface area contributed by atoms with Gasteiger partial charge in [-0.05, 0) is 19.9 Å². The molecule has 2 heterocycles. The van der Waals surface area contributed by atoms with E-state index in [4.69, 9.17) is 0 Å². The van der Waals surface area contributed by atoms with Gasteiger partial charge >= 0.3 is 0 Å². The van der Waals surface area contributed by atoms with Gasteiger partial charge in [-0.25, -0.2) is 4.98 Å². The van der Waals surface area contributed by atoms with Crippen LogP contribution in [0.1, 0.15) is 12.6 Å². The van der Waals surface area contributed by atoms with Gasteiger partial charge < -0.3 is 5.32 Å². The minimum absolute atomic E-state index is 0.902. The molecule has 0 radical (unpaired) electrons. The molecule has 0 saturated carbocycles. The molecule has 0 amide bonds. The van der Waals surface area contributed by atoms with Crippen LogP contribution >= 0.6 is 11.3 Å². The van der Waals surface area contributed by atoms with Crippen LogP contribution in [-0.2, 0) is 0 Å². The summed E-state index contributed by atoms with van der Waals surface area (Å²) in [5.41, 5.74) is 2.16. The van der Waals surface area contributed by atoms with Crippen LogP contribution in [0.3, 0.4) is 0 Å². The molecule has 0 aliphatic carbocycles. The van der Waals surface area contributed by atoms with E-state index < -0.39 is 0 Å². The average Bonchev–Trinajstić information content (AvgIpc) is 2.68. The van der Waals surface area contributed by atoms with Crippen molar-refractivity contribution >= 4 is 16.5 Å². The zero-order chi connectivity index (χ0) is 10.7. The Hall–Kier alpha value is -1.42. The Morgan fingerprint density at radius 3 is 2.80 bits per heavy atom. The van der Waals surface area contributed by atoms with E-state index in [9.17, 15) is 0 Å². The maximum absolute atomic E-state index is 4.28. The lowest BCUT2D eigenvalue weighted by Crippen LogP contribution is -1.94. The lowest BCUT2D eigenvalue weighted by Gasteiger charge is -1.96. The van der Waals surface area contributed by atoms with Crippen LogP contribution in [0.5, 0.6) is 0 Å². The molecule has 2 rings (SSSR count). The van der Waals surface area contributed by atoms with Gasteiger partial charge in [-0.15, -0.1) is 0 Å². The van der Waals surface area contributed by atoms with Crippen molar-refractivity contribution in [3.8, 4) is 10.4 Å². The normalized spacial score (nSPS) is 10.3. The van der Waals surface area contributed by atoms with E-state index in [0.717, 1.165) is 27.8 Å². The topological polar surface area (TPSA) is 37.8 Å². The summed E-state index contributed by atoms with van der Waals surface area (Å²) < 4.78 is 0. The van der Waals surface area contributed by atoms with Crippen LogP contribution in [0.2, 0.25) is 0 Å². The molecule has 78 valence electrons. The number of nitrogens with one attached hydrogen (secondary N) is 1. The predicted octanol–water partition coefficient (Wildman–Crippen LogP) is 2.95. The molecule has 2 aromatic rings. The number of pyridine rings is 1. The van der Waals surface area contributed by atoms with E-state index in [0.29, 0.717) is 0 Å². The molecular formula is C11H13N3S. The van der Waals surface area contributed by atoms with Gasteiger partial charge in [0.15, 0.2) is 5.13 Å². The van der Waals surface area contributed by atoms with E-state index >= 15 is 0 Å². The zero-order valence-electron chi connectivity index (χ0n) is 8.82. The Kier molecular flexibility index (Phi) is 2.97. The summed E-state index contributed by atoms with van der Waals surface area (Å²) in [7, 11) is 0. The second kappa shape index (κ2) is 4.40. The number of rotatable bonds is 3. The molecule has 4 heteroatoms. The van der Waals surface area contributed by atoms with Crippen molar-refractivity contribution in [2.45, 2.75) is 13.8 Å². The molecule has 15 heavy (non-hydrogen) atoms. The summed E-state index contributed by atoms with van der Waals surface area (Å²) in [4.78, 5) is 9.70. The fraction of sp³-hybridized carbons (Fsp3) is 0.273. The van der Waals surface area contributed by atoms with Gasteiger partial charge in [0, 0.05) is 30.2 Å². The average molecular weight is 219 g/mol. The number of anilines is 1. The summed E-state index contributed by atoms with van der Waals surface area (Å²) in [5, 5.41) is 4.16. The first-order chi connectivity index (χ1) is 7.29. The molecule has 0 aromatic carbocycles. The van der Waals surface area contributed by atoms with Gasteiger partial charge in [0.05, 0.1) is 4.88 Å². The van der Waals surface area contributed by atoms with Crippen molar-refractivity contribution in [1.82, 2.24) is 9.97 Å². The number of nitrogens with zero attached hydrogens (tertiary/aromatic N) is 2. The Bertz CT molecular complexity index is 433. The molecule has 0 aliphatic heterocycles. The summed E-state index contributed by atoms with van der Waals surface area (Å²) in [5.74, 6) is 0. The highest BCUT2D eigenvalue weighted by Crippen LogP contribution is 2.28. The molecule has 1 N–H and O–H groups in total. The maximum Gasteiger partial charge on any atom is 0.183 e. The van der Waals surface area contributed by atoms with Crippen LogP contribution in [-0.4, -0.2) is 16.5 Å². The number of aryl methyl sites for hydroxylation is 1. The molecule has 0 saturated heterocycles. The monoisotopic (exact) mass is 219 g/mol. The Labute approximate surface area is 93.2 Å². The Balaban J connectivity index is 2.25. The lowest BCUT2D eigenvalue weighted by molar-refractivity contribution is 1.19. The van der Waals surface area contributed by atoms with Gasteiger partial charge in [0.2, 0.25) is 0 Å². The quantitative estimate of drug-likeness (QED) is 0.862. The maximum atomic E-state index is 4.28. The van der Waals surface area contributed by atoms with Crippen molar-refractivity contribution in [3.05, 3.63) is 30.2 Å². The van der Waals surface area contributed by atoms with Gasteiger partial charge in [-0.2, -0.15) is 0 Å². The first-order valence-electron chi connectivity index (χ1n) is 4.92. The summed E-state index contributed by atoms with van der Waals surface area (Å²) in [6.45, 7) is 4.95. The van der Waals surface area contributed by atoms with Crippen LogP contribution in [0.25, 0.3) is 10.4 Å². The van der Waals surface area contributed by atoms with E-state index in [1.54, 1.807) is 11.3 Å². The second-order valence-electron chi connectivity index (χ2n) is 3.25. The SMILES string of the molecule is CCNc1ncc(-c2ccc(C)nc2)s1. The Morgan fingerprint density at radius 2 is 2.13 bits per heavy atom. The summed E-state index contributed by atoms with van der Waals surface area (Å²) >= 11 is 1.65. The highest BCUT2D eigenvalue weighted by atomic mass is 32.1. The highest BCUT2D eigenvalue weighted by molar-refractivity contribution is 7.18. The minimum atomic E-state index is 0.902. The molecule has 0 atom stereocenters. The molecule has 0 aliphatic rings. The molecule has 0 unspecified atom stereocenters. The first-order valence-corrected chi connectivity index (χ1v) is 5.74. The van der Waals surface area contributed by atoms with Crippen LogP contribution < -0.4 is 5.32 Å². The smallest absolute Gasteiger partial charge is 0.183 e. The number of hydrogen-bond donors (Lipinski definition) is 1. The van der Waals surface area contributed by atoms with Crippen molar-refractivity contribution in [3.63, 3.8) is 0 Å². The largest absolute Gasteiger partial charge is 0.362 e. The number of aromatic nitrogens is 2. The lowest BCUT2D eigenvalue weighted by atomic mass is 10.2. The van der Waals surface area contributed by atoms with Crippen LogP contribution in [0.4, 0.5) is 5.13 Å². The Morgan fingerprint density at radius 1 is 1.27 bits per heavy atom. The van der Waals surface area contributed by atoms with Crippen LogP contribution in [0, 0.1) is 6.92 Å². The fourth-order valence-corrected chi connectivity index (χ4v) is 2.13. The predicted molar refractivity (Wildman–Crippen MR) is 64.2 cm³/mol. The molecule has 0 bridgehead atoms. The second-order valence-corrected chi connectivity index (χ2v) is 4.28. The van der Waals surface area contributed by atoms with Crippen molar-refractivity contribution in [2.24, 2.45) is 0 Å². The molecule has 2 aromatic heterocycles. The molecule has 3 nitrogen and oxygen atoms in total. The number of thiazole rings is 1. The van der Waals surface area contributed by atoms with Gasteiger partial charge in [0.25, 0.3) is 0 Å². The third kappa shape index (κ3) is 2.33. The van der Waals surface area contributed by atoms with Gasteiger partial charge in [0.1, 0.15) is 0 Å². The molecule has 0 spiro atoms. The van der Waals surface area contributed by atoms with Crippen LogP contribution in [0.15, 0.2) is 24.5 Å².